The molecule has 3 unspecified atom stereocenters. The number of thioether (sulfide) groups is 1. The Labute approximate surface area is 151 Å². The van der Waals surface area contributed by atoms with Crippen molar-refractivity contribution in [3.63, 3.8) is 0 Å². The molecule has 1 aliphatic rings. The third-order valence-corrected chi connectivity index (χ3v) is 4.86. The van der Waals surface area contributed by atoms with Crippen LogP contribution in [-0.4, -0.2) is 48.9 Å². The Morgan fingerprint density at radius 3 is 2.80 bits per heavy atom. The summed E-state index contributed by atoms with van der Waals surface area (Å²) < 4.78 is 17.2. The molecule has 6 nitrogen and oxygen atoms in total. The van der Waals surface area contributed by atoms with E-state index in [0.717, 1.165) is 0 Å². The quantitative estimate of drug-likeness (QED) is 0.385. The summed E-state index contributed by atoms with van der Waals surface area (Å²) in [6.07, 6.45) is 2.50. The molecule has 2 rings (SSSR count). The lowest BCUT2D eigenvalue weighted by atomic mass is 9.76. The smallest absolute Gasteiger partial charge is 0.255 e. The van der Waals surface area contributed by atoms with E-state index in [1.54, 1.807) is 31.2 Å². The number of rotatable bonds is 10. The number of Topliss-reactive ketones (excluding diaryl/α,β-unsaturated/α-hetero) is 1. The van der Waals surface area contributed by atoms with Crippen molar-refractivity contribution in [3.8, 4) is 5.75 Å². The summed E-state index contributed by atoms with van der Waals surface area (Å²) in [7, 11) is 1.40. The number of para-hydroxylation sites is 1. The molecule has 1 aliphatic heterocycles. The molecular formula is C18H24O6S. The van der Waals surface area contributed by atoms with Gasteiger partial charge in [-0.2, -0.15) is 0 Å². The second-order valence-corrected chi connectivity index (χ2v) is 6.80. The molecule has 0 saturated heterocycles. The summed E-state index contributed by atoms with van der Waals surface area (Å²) in [5.74, 6) is -1.70. The average molecular weight is 368 g/mol. The minimum absolute atomic E-state index is 0.0282. The Hall–Kier alpha value is -1.41. The molecule has 1 N–H and O–H groups in total. The Balaban J connectivity index is 2.46. The van der Waals surface area contributed by atoms with E-state index in [4.69, 9.17) is 14.2 Å². The molecule has 138 valence electrons. The van der Waals surface area contributed by atoms with E-state index >= 15 is 0 Å². The zero-order valence-corrected chi connectivity index (χ0v) is 15.5. The number of fused-ring (bicyclic) bond motifs is 1. The van der Waals surface area contributed by atoms with Gasteiger partial charge in [0.2, 0.25) is 5.60 Å². The number of hydrogen-bond donors (Lipinski definition) is 1. The average Bonchev–Trinajstić information content (AvgIpc) is 2.90. The van der Waals surface area contributed by atoms with Crippen molar-refractivity contribution in [1.82, 2.24) is 0 Å². The fraction of sp³-hybridized carbons (Fsp3) is 0.556. The third kappa shape index (κ3) is 3.33. The maximum atomic E-state index is 12.9. The Kier molecular flexibility index (Phi) is 6.62. The van der Waals surface area contributed by atoms with Gasteiger partial charge in [-0.25, -0.2) is 0 Å². The standard InChI is InChI=1S/C18H24O6S/c1-13(11-23-12-25-3)18(22-2)17(21,16(20)9-6-10-19)14-7-4-5-8-15(14)24-18/h4-5,7-8,10,13,21H,6,9,11-12H2,1-3H3. The third-order valence-electron chi connectivity index (χ3n) is 4.46. The molecule has 1 heterocycles. The SMILES string of the molecule is COC1(C(C)COCSC)Oc2ccccc2C1(O)C(=O)CCC=O. The van der Waals surface area contributed by atoms with Crippen LogP contribution in [0.4, 0.5) is 0 Å². The van der Waals surface area contributed by atoms with Crippen LogP contribution >= 0.6 is 11.8 Å². The van der Waals surface area contributed by atoms with E-state index in [1.165, 1.54) is 18.9 Å². The first kappa shape index (κ1) is 19.9. The minimum atomic E-state index is -2.01. The zero-order valence-electron chi connectivity index (χ0n) is 14.7. The fourth-order valence-corrected chi connectivity index (χ4v) is 3.52. The Morgan fingerprint density at radius 1 is 1.44 bits per heavy atom. The second-order valence-electron chi connectivity index (χ2n) is 5.99. The highest BCUT2D eigenvalue weighted by Crippen LogP contribution is 2.52. The molecule has 3 atom stereocenters. The molecule has 0 saturated carbocycles. The highest BCUT2D eigenvalue weighted by molar-refractivity contribution is 7.98. The first-order chi connectivity index (χ1) is 12.0. The van der Waals surface area contributed by atoms with E-state index in [9.17, 15) is 14.7 Å². The molecule has 0 bridgehead atoms. The van der Waals surface area contributed by atoms with Crippen LogP contribution < -0.4 is 4.74 Å². The number of hydrogen-bond acceptors (Lipinski definition) is 7. The van der Waals surface area contributed by atoms with Crippen molar-refractivity contribution in [1.29, 1.82) is 0 Å². The normalized spacial score (nSPS) is 25.9. The Bertz CT molecular complexity index is 621. The van der Waals surface area contributed by atoms with Gasteiger partial charge < -0.3 is 24.1 Å². The topological polar surface area (TPSA) is 82.1 Å². The van der Waals surface area contributed by atoms with Gasteiger partial charge in [-0.1, -0.05) is 25.1 Å². The van der Waals surface area contributed by atoms with Crippen molar-refractivity contribution in [2.24, 2.45) is 5.92 Å². The molecule has 0 radical (unpaired) electrons. The summed E-state index contributed by atoms with van der Waals surface area (Å²) in [5.41, 5.74) is -1.66. The molecule has 7 heteroatoms. The minimum Gasteiger partial charge on any atom is -0.457 e. The van der Waals surface area contributed by atoms with Crippen LogP contribution in [0.5, 0.6) is 5.75 Å². The molecule has 0 aromatic heterocycles. The second kappa shape index (κ2) is 8.31. The summed E-state index contributed by atoms with van der Waals surface area (Å²) in [6, 6.07) is 6.81. The van der Waals surface area contributed by atoms with Gasteiger partial charge in [-0.05, 0) is 12.3 Å². The first-order valence-corrected chi connectivity index (χ1v) is 9.47. The van der Waals surface area contributed by atoms with E-state index < -0.39 is 23.1 Å². The van der Waals surface area contributed by atoms with E-state index in [0.29, 0.717) is 23.5 Å². The number of aldehydes is 1. The lowest BCUT2D eigenvalue weighted by Crippen LogP contribution is -2.62. The molecule has 1 aromatic carbocycles. The van der Waals surface area contributed by atoms with Gasteiger partial charge in [0.05, 0.1) is 12.5 Å². The maximum Gasteiger partial charge on any atom is 0.255 e. The largest absolute Gasteiger partial charge is 0.457 e. The number of aliphatic hydroxyl groups is 1. The van der Waals surface area contributed by atoms with Gasteiger partial charge in [0.15, 0.2) is 5.78 Å². The van der Waals surface area contributed by atoms with Gasteiger partial charge in [-0.3, -0.25) is 4.79 Å². The molecule has 25 heavy (non-hydrogen) atoms. The molecule has 0 fully saturated rings. The van der Waals surface area contributed by atoms with Crippen LogP contribution in [0.3, 0.4) is 0 Å². The van der Waals surface area contributed by atoms with Gasteiger partial charge in [0.25, 0.3) is 5.79 Å². The van der Waals surface area contributed by atoms with Gasteiger partial charge in [0.1, 0.15) is 12.0 Å². The van der Waals surface area contributed by atoms with E-state index in [1.807, 2.05) is 6.26 Å². The van der Waals surface area contributed by atoms with Crippen molar-refractivity contribution in [2.45, 2.75) is 31.2 Å². The molecule has 0 aliphatic carbocycles. The monoisotopic (exact) mass is 368 g/mol. The number of methoxy groups -OCH3 is 1. The summed E-state index contributed by atoms with van der Waals surface area (Å²) in [5, 5.41) is 11.5. The number of ketones is 1. The number of ether oxygens (including phenoxy) is 3. The van der Waals surface area contributed by atoms with Crippen LogP contribution in [0.25, 0.3) is 0 Å². The number of carbonyl (C=O) groups is 2. The van der Waals surface area contributed by atoms with Crippen LogP contribution in [0.2, 0.25) is 0 Å². The van der Waals surface area contributed by atoms with Crippen molar-refractivity contribution in [3.05, 3.63) is 29.8 Å². The van der Waals surface area contributed by atoms with Crippen molar-refractivity contribution in [2.75, 3.05) is 25.9 Å². The van der Waals surface area contributed by atoms with Gasteiger partial charge in [0, 0.05) is 31.4 Å². The van der Waals surface area contributed by atoms with E-state index in [2.05, 4.69) is 0 Å². The zero-order chi connectivity index (χ0) is 18.5. The lowest BCUT2D eigenvalue weighted by molar-refractivity contribution is -0.280. The predicted molar refractivity (Wildman–Crippen MR) is 94.5 cm³/mol. The number of benzene rings is 1. The molecule has 0 spiro atoms. The number of carbonyl (C=O) groups excluding carboxylic acids is 2. The van der Waals surface area contributed by atoms with Gasteiger partial charge >= 0.3 is 0 Å². The van der Waals surface area contributed by atoms with Crippen LogP contribution in [0, 0.1) is 5.92 Å². The summed E-state index contributed by atoms with van der Waals surface area (Å²) in [6.45, 7) is 2.04. The Morgan fingerprint density at radius 2 is 2.16 bits per heavy atom. The molecular weight excluding hydrogens is 344 g/mol. The van der Waals surface area contributed by atoms with E-state index in [-0.39, 0.29) is 19.4 Å². The maximum absolute atomic E-state index is 12.9. The highest BCUT2D eigenvalue weighted by atomic mass is 32.2. The van der Waals surface area contributed by atoms with Crippen LogP contribution in [0.1, 0.15) is 25.3 Å². The highest BCUT2D eigenvalue weighted by Gasteiger charge is 2.67. The van der Waals surface area contributed by atoms with Crippen LogP contribution in [0.15, 0.2) is 24.3 Å². The van der Waals surface area contributed by atoms with Crippen molar-refractivity contribution < 1.29 is 28.9 Å². The molecule has 0 amide bonds. The lowest BCUT2D eigenvalue weighted by Gasteiger charge is -2.42. The van der Waals surface area contributed by atoms with Crippen LogP contribution in [-0.2, 0) is 24.7 Å². The van der Waals surface area contributed by atoms with Crippen molar-refractivity contribution >= 4 is 23.8 Å². The molecule has 1 aromatic rings. The summed E-state index contributed by atoms with van der Waals surface area (Å²) in [4.78, 5) is 23.6. The first-order valence-electron chi connectivity index (χ1n) is 8.07. The summed E-state index contributed by atoms with van der Waals surface area (Å²) >= 11 is 1.53. The fourth-order valence-electron chi connectivity index (χ4n) is 3.26. The van der Waals surface area contributed by atoms with Gasteiger partial charge in [-0.15, -0.1) is 11.8 Å². The predicted octanol–water partition coefficient (Wildman–Crippen LogP) is 2.13.